The third kappa shape index (κ3) is 3.03. The van der Waals surface area contributed by atoms with Crippen LogP contribution in [0.25, 0.3) is 10.9 Å². The second-order valence-electron chi connectivity index (χ2n) is 8.56. The van der Waals surface area contributed by atoms with Crippen LogP contribution < -0.4 is 9.47 Å². The van der Waals surface area contributed by atoms with Crippen LogP contribution in [0.15, 0.2) is 18.2 Å². The first-order valence-corrected chi connectivity index (χ1v) is 10.4. The van der Waals surface area contributed by atoms with Crippen LogP contribution >= 0.6 is 0 Å². The summed E-state index contributed by atoms with van der Waals surface area (Å²) in [4.78, 5) is 32.9. The third-order valence-corrected chi connectivity index (χ3v) is 6.82. The van der Waals surface area contributed by atoms with Gasteiger partial charge in [-0.2, -0.15) is 0 Å². The van der Waals surface area contributed by atoms with Crippen LogP contribution in [-0.2, 0) is 4.79 Å². The molecule has 0 spiro atoms. The molecule has 1 N–H and O–H groups in total. The Labute approximate surface area is 169 Å². The number of H-pyrrole nitrogens is 1. The summed E-state index contributed by atoms with van der Waals surface area (Å²) >= 11 is 0. The fourth-order valence-corrected chi connectivity index (χ4v) is 5.52. The average molecular weight is 397 g/mol. The van der Waals surface area contributed by atoms with Gasteiger partial charge >= 0.3 is 0 Å². The van der Waals surface area contributed by atoms with Crippen LogP contribution in [0.5, 0.6) is 11.5 Å². The highest BCUT2D eigenvalue weighted by Crippen LogP contribution is 2.38. The first-order chi connectivity index (χ1) is 14.1. The maximum Gasteiger partial charge on any atom is 0.270 e. The Morgan fingerprint density at radius 2 is 1.90 bits per heavy atom. The minimum absolute atomic E-state index is 0.0319. The first-order valence-electron chi connectivity index (χ1n) is 10.4. The van der Waals surface area contributed by atoms with Gasteiger partial charge in [0.05, 0.1) is 14.2 Å². The number of carbonyl (C=O) groups is 2. The maximum atomic E-state index is 13.3. The molecule has 4 heterocycles. The molecular weight excluding hydrogens is 370 g/mol. The van der Waals surface area contributed by atoms with E-state index in [-0.39, 0.29) is 5.91 Å². The van der Waals surface area contributed by atoms with E-state index in [9.17, 15) is 9.59 Å². The smallest absolute Gasteiger partial charge is 0.270 e. The monoisotopic (exact) mass is 397 g/mol. The number of nitrogens with zero attached hydrogens (tertiary/aromatic N) is 2. The number of aromatic amines is 1. The Morgan fingerprint density at radius 1 is 1.10 bits per heavy atom. The van der Waals surface area contributed by atoms with Gasteiger partial charge in [-0.3, -0.25) is 9.59 Å². The maximum absolute atomic E-state index is 13.3. The van der Waals surface area contributed by atoms with Crippen LogP contribution in [0, 0.1) is 11.8 Å². The molecule has 7 nitrogen and oxygen atoms in total. The van der Waals surface area contributed by atoms with E-state index in [1.807, 2.05) is 23.1 Å². The van der Waals surface area contributed by atoms with Crippen molar-refractivity contribution in [3.63, 3.8) is 0 Å². The second-order valence-corrected chi connectivity index (χ2v) is 8.56. The summed E-state index contributed by atoms with van der Waals surface area (Å²) in [6, 6.07) is 5.94. The molecule has 2 amide bonds. The van der Waals surface area contributed by atoms with Crippen LogP contribution in [0.2, 0.25) is 0 Å². The van der Waals surface area contributed by atoms with E-state index in [1.165, 1.54) is 0 Å². The van der Waals surface area contributed by atoms with E-state index >= 15 is 0 Å². The molecule has 29 heavy (non-hydrogen) atoms. The molecule has 3 aliphatic heterocycles. The number of carbonyl (C=O) groups excluding carboxylic acids is 2. The molecular formula is C22H27N3O4. The average Bonchev–Trinajstić information content (AvgIpc) is 3.15. The van der Waals surface area contributed by atoms with E-state index in [0.717, 1.165) is 43.3 Å². The lowest BCUT2D eigenvalue weighted by Crippen LogP contribution is -2.61. The number of methoxy groups -OCH3 is 2. The topological polar surface area (TPSA) is 74.9 Å². The Hall–Kier alpha value is -2.70. The summed E-state index contributed by atoms with van der Waals surface area (Å²) < 4.78 is 10.7. The van der Waals surface area contributed by atoms with E-state index in [4.69, 9.17) is 9.47 Å². The first kappa shape index (κ1) is 18.3. The predicted octanol–water partition coefficient (Wildman–Crippen LogP) is 2.66. The highest BCUT2D eigenvalue weighted by Gasteiger charge is 2.45. The summed E-state index contributed by atoms with van der Waals surface area (Å²) in [7, 11) is 3.21. The van der Waals surface area contributed by atoms with Crippen molar-refractivity contribution in [3.05, 3.63) is 23.9 Å². The molecule has 2 aromatic rings. The van der Waals surface area contributed by atoms with E-state index in [0.29, 0.717) is 53.9 Å². The predicted molar refractivity (Wildman–Crippen MR) is 108 cm³/mol. The van der Waals surface area contributed by atoms with Crippen molar-refractivity contribution >= 4 is 22.7 Å². The van der Waals surface area contributed by atoms with Gasteiger partial charge in [-0.15, -0.1) is 0 Å². The summed E-state index contributed by atoms with van der Waals surface area (Å²) in [5, 5.41) is 0.923. The van der Waals surface area contributed by atoms with Crippen molar-refractivity contribution in [2.75, 3.05) is 33.9 Å². The number of likely N-dealkylation sites (tertiary alicyclic amines) is 1. The molecule has 154 valence electrons. The standard InChI is InChI=1S/C22H27N3O4/c1-28-19-8-14-7-17(23-16(14)9-20(19)29-2)22(27)24-10-13-6-15(12-24)18-4-3-5-21(26)25(18)11-13/h7-9,13,15,18,23H,3-6,10-12H2,1-2H3/t13-,15+,18+/m1/s1. The summed E-state index contributed by atoms with van der Waals surface area (Å²) in [6.07, 6.45) is 3.85. The fourth-order valence-electron chi connectivity index (χ4n) is 5.52. The van der Waals surface area contributed by atoms with Gasteiger partial charge in [0.25, 0.3) is 5.91 Å². The van der Waals surface area contributed by atoms with Gasteiger partial charge in [0, 0.05) is 49.1 Å². The van der Waals surface area contributed by atoms with Crippen molar-refractivity contribution in [2.24, 2.45) is 11.8 Å². The lowest BCUT2D eigenvalue weighted by molar-refractivity contribution is -0.144. The zero-order valence-electron chi connectivity index (χ0n) is 16.9. The third-order valence-electron chi connectivity index (χ3n) is 6.82. The van der Waals surface area contributed by atoms with Gasteiger partial charge in [-0.05, 0) is 43.2 Å². The Morgan fingerprint density at radius 3 is 2.69 bits per heavy atom. The van der Waals surface area contributed by atoms with Crippen LogP contribution in [0.3, 0.4) is 0 Å². The number of fused-ring (bicyclic) bond motifs is 5. The van der Waals surface area contributed by atoms with Crippen LogP contribution in [0.1, 0.15) is 36.2 Å². The molecule has 0 radical (unpaired) electrons. The van der Waals surface area contributed by atoms with E-state index in [1.54, 1.807) is 14.2 Å². The van der Waals surface area contributed by atoms with Gasteiger partial charge in [0.15, 0.2) is 11.5 Å². The van der Waals surface area contributed by atoms with Gasteiger partial charge < -0.3 is 24.3 Å². The summed E-state index contributed by atoms with van der Waals surface area (Å²) in [5.74, 6) is 2.38. The molecule has 0 unspecified atom stereocenters. The number of rotatable bonds is 3. The molecule has 0 saturated carbocycles. The normalized spacial score (nSPS) is 26.4. The van der Waals surface area contributed by atoms with E-state index in [2.05, 4.69) is 9.88 Å². The van der Waals surface area contributed by atoms with Crippen molar-refractivity contribution in [2.45, 2.75) is 31.7 Å². The van der Waals surface area contributed by atoms with Gasteiger partial charge in [-0.1, -0.05) is 0 Å². The number of amides is 2. The lowest BCUT2D eigenvalue weighted by atomic mass is 9.76. The number of hydrogen-bond acceptors (Lipinski definition) is 4. The Bertz CT molecular complexity index is 927. The number of aromatic nitrogens is 1. The van der Waals surface area contributed by atoms with Gasteiger partial charge in [0.1, 0.15) is 5.69 Å². The van der Waals surface area contributed by atoms with Crippen molar-refractivity contribution in [1.29, 1.82) is 0 Å². The zero-order chi connectivity index (χ0) is 20.1. The molecule has 3 atom stereocenters. The van der Waals surface area contributed by atoms with Crippen molar-refractivity contribution in [1.82, 2.24) is 14.8 Å². The molecule has 5 rings (SSSR count). The van der Waals surface area contributed by atoms with Crippen molar-refractivity contribution < 1.29 is 19.1 Å². The SMILES string of the molecule is COc1cc2cc(C(=O)N3C[C@H]4C[C@@H](C3)[C@@H]3CCCC(=O)N3C4)[nH]c2cc1OC. The summed E-state index contributed by atoms with van der Waals surface area (Å²) in [5.41, 5.74) is 1.44. The molecule has 1 aromatic heterocycles. The minimum Gasteiger partial charge on any atom is -0.493 e. The molecule has 2 bridgehead atoms. The molecule has 3 aliphatic rings. The number of ether oxygens (including phenoxy) is 2. The molecule has 3 fully saturated rings. The number of nitrogens with one attached hydrogen (secondary N) is 1. The zero-order valence-corrected chi connectivity index (χ0v) is 16.9. The van der Waals surface area contributed by atoms with Gasteiger partial charge in [-0.25, -0.2) is 0 Å². The quantitative estimate of drug-likeness (QED) is 0.864. The number of benzene rings is 1. The Balaban J connectivity index is 1.39. The molecule has 3 saturated heterocycles. The largest absolute Gasteiger partial charge is 0.493 e. The summed E-state index contributed by atoms with van der Waals surface area (Å²) in [6.45, 7) is 2.24. The lowest BCUT2D eigenvalue weighted by Gasteiger charge is -2.52. The second kappa shape index (κ2) is 6.97. The number of hydrogen-bond donors (Lipinski definition) is 1. The van der Waals surface area contributed by atoms with Gasteiger partial charge in [0.2, 0.25) is 5.91 Å². The van der Waals surface area contributed by atoms with Crippen LogP contribution in [0.4, 0.5) is 0 Å². The van der Waals surface area contributed by atoms with Crippen LogP contribution in [-0.4, -0.2) is 66.5 Å². The molecule has 7 heteroatoms. The fraction of sp³-hybridized carbons (Fsp3) is 0.545. The number of piperidine rings is 3. The highest BCUT2D eigenvalue weighted by molar-refractivity contribution is 5.98. The Kier molecular flexibility index (Phi) is 4.41. The molecule has 0 aliphatic carbocycles. The van der Waals surface area contributed by atoms with Crippen molar-refractivity contribution in [3.8, 4) is 11.5 Å². The van der Waals surface area contributed by atoms with E-state index < -0.39 is 0 Å². The minimum atomic E-state index is 0.0319. The highest BCUT2D eigenvalue weighted by atomic mass is 16.5. The molecule has 1 aromatic carbocycles.